The van der Waals surface area contributed by atoms with E-state index in [-0.39, 0.29) is 0 Å². The van der Waals surface area contributed by atoms with Gasteiger partial charge in [-0.05, 0) is 61.1 Å². The van der Waals surface area contributed by atoms with Crippen molar-refractivity contribution >= 4 is 16.6 Å². The van der Waals surface area contributed by atoms with Crippen molar-refractivity contribution in [3.8, 4) is 0 Å². The maximum Gasteiger partial charge on any atom is 0.113 e. The van der Waals surface area contributed by atoms with Crippen LogP contribution < -0.4 is 0 Å². The molecule has 0 aliphatic heterocycles. The minimum Gasteiger partial charge on any atom is -0.242 e. The van der Waals surface area contributed by atoms with Gasteiger partial charge < -0.3 is 0 Å². The third-order valence-corrected chi connectivity index (χ3v) is 4.53. The number of allylic oxidation sites excluding steroid dienone is 4. The molecule has 2 aromatic carbocycles. The summed E-state index contributed by atoms with van der Waals surface area (Å²) in [6.45, 7) is 4.25. The van der Waals surface area contributed by atoms with E-state index in [1.165, 1.54) is 22.3 Å². The first-order valence-electron chi connectivity index (χ1n) is 8.49. The van der Waals surface area contributed by atoms with E-state index in [0.717, 1.165) is 23.9 Å². The minimum absolute atomic E-state index is 0.325. The number of hydrogen-bond acceptors (Lipinski definition) is 2. The van der Waals surface area contributed by atoms with E-state index in [9.17, 15) is 0 Å². The molecule has 0 amide bonds. The van der Waals surface area contributed by atoms with Crippen molar-refractivity contribution in [1.82, 2.24) is 15.0 Å². The molecule has 24 heavy (non-hydrogen) atoms. The van der Waals surface area contributed by atoms with Gasteiger partial charge >= 0.3 is 0 Å². The lowest BCUT2D eigenvalue weighted by Crippen LogP contribution is -2.02. The molecule has 0 unspecified atom stereocenters. The SMILES string of the molecule is CC(C)n1nnc2cc(C3=CC(Cc4ccccc4)=CC3)ccc21. The normalized spacial score (nSPS) is 14.3. The molecule has 3 aromatic rings. The third-order valence-electron chi connectivity index (χ3n) is 4.53. The lowest BCUT2D eigenvalue weighted by atomic mass is 10.0. The van der Waals surface area contributed by atoms with Crippen molar-refractivity contribution in [1.29, 1.82) is 0 Å². The summed E-state index contributed by atoms with van der Waals surface area (Å²) in [6, 6.07) is 17.4. The second kappa shape index (κ2) is 6.08. The largest absolute Gasteiger partial charge is 0.242 e. The van der Waals surface area contributed by atoms with E-state index < -0.39 is 0 Å². The standard InChI is InChI=1S/C21H21N3/c1-15(2)24-21-11-10-19(14-20(21)22-23-24)18-9-8-17(13-18)12-16-6-4-3-5-7-16/h3-8,10-11,13-15H,9,12H2,1-2H3. The van der Waals surface area contributed by atoms with Gasteiger partial charge in [0.15, 0.2) is 0 Å². The van der Waals surface area contributed by atoms with Gasteiger partial charge in [0, 0.05) is 6.04 Å². The molecule has 120 valence electrons. The quantitative estimate of drug-likeness (QED) is 0.680. The topological polar surface area (TPSA) is 30.7 Å². The average Bonchev–Trinajstić information content (AvgIpc) is 3.22. The number of fused-ring (bicyclic) bond motifs is 1. The van der Waals surface area contributed by atoms with Crippen LogP contribution in [0.3, 0.4) is 0 Å². The Kier molecular flexibility index (Phi) is 3.77. The summed E-state index contributed by atoms with van der Waals surface area (Å²) in [5.41, 5.74) is 7.43. The number of benzene rings is 2. The van der Waals surface area contributed by atoms with Gasteiger partial charge in [-0.15, -0.1) is 5.10 Å². The lowest BCUT2D eigenvalue weighted by Gasteiger charge is -2.06. The summed E-state index contributed by atoms with van der Waals surface area (Å²) in [7, 11) is 0. The van der Waals surface area contributed by atoms with E-state index in [1.54, 1.807) is 0 Å². The fourth-order valence-corrected chi connectivity index (χ4v) is 3.26. The number of aromatic nitrogens is 3. The van der Waals surface area contributed by atoms with E-state index in [4.69, 9.17) is 0 Å². The highest BCUT2D eigenvalue weighted by molar-refractivity contribution is 5.82. The summed E-state index contributed by atoms with van der Waals surface area (Å²) in [6.07, 6.45) is 6.64. The van der Waals surface area contributed by atoms with Crippen LogP contribution in [-0.2, 0) is 6.42 Å². The summed E-state index contributed by atoms with van der Waals surface area (Å²) in [5, 5.41) is 8.59. The van der Waals surface area contributed by atoms with Gasteiger partial charge in [-0.25, -0.2) is 4.68 Å². The van der Waals surface area contributed by atoms with Crippen molar-refractivity contribution < 1.29 is 0 Å². The van der Waals surface area contributed by atoms with Gasteiger partial charge in [-0.1, -0.05) is 53.8 Å². The summed E-state index contributed by atoms with van der Waals surface area (Å²) in [5.74, 6) is 0. The second-order valence-corrected chi connectivity index (χ2v) is 6.65. The van der Waals surface area contributed by atoms with Gasteiger partial charge in [0.2, 0.25) is 0 Å². The van der Waals surface area contributed by atoms with Crippen molar-refractivity contribution in [3.63, 3.8) is 0 Å². The van der Waals surface area contributed by atoms with Gasteiger partial charge in [0.05, 0.1) is 5.52 Å². The van der Waals surface area contributed by atoms with Crippen LogP contribution in [0.1, 0.15) is 37.4 Å². The second-order valence-electron chi connectivity index (χ2n) is 6.65. The lowest BCUT2D eigenvalue weighted by molar-refractivity contribution is 0.530. The molecule has 1 heterocycles. The van der Waals surface area contributed by atoms with Crippen molar-refractivity contribution in [3.05, 3.63) is 77.4 Å². The molecule has 1 aliphatic rings. The van der Waals surface area contributed by atoms with Crippen molar-refractivity contribution in [2.45, 2.75) is 32.7 Å². The van der Waals surface area contributed by atoms with Crippen molar-refractivity contribution in [2.75, 3.05) is 0 Å². The number of nitrogens with zero attached hydrogens (tertiary/aromatic N) is 3. The van der Waals surface area contributed by atoms with Crippen LogP contribution in [0.5, 0.6) is 0 Å². The maximum atomic E-state index is 4.33. The molecule has 0 saturated carbocycles. The molecule has 1 aliphatic carbocycles. The summed E-state index contributed by atoms with van der Waals surface area (Å²) >= 11 is 0. The maximum absolute atomic E-state index is 4.33. The predicted octanol–water partition coefficient (Wildman–Crippen LogP) is 4.97. The van der Waals surface area contributed by atoms with E-state index in [2.05, 4.69) is 84.8 Å². The zero-order valence-electron chi connectivity index (χ0n) is 14.1. The van der Waals surface area contributed by atoms with Gasteiger partial charge in [0.1, 0.15) is 5.52 Å². The third kappa shape index (κ3) is 2.78. The highest BCUT2D eigenvalue weighted by atomic mass is 15.4. The first kappa shape index (κ1) is 14.9. The van der Waals surface area contributed by atoms with Gasteiger partial charge in [-0.2, -0.15) is 0 Å². The van der Waals surface area contributed by atoms with Crippen molar-refractivity contribution in [2.24, 2.45) is 0 Å². The highest BCUT2D eigenvalue weighted by Gasteiger charge is 2.12. The molecule has 0 saturated heterocycles. The highest BCUT2D eigenvalue weighted by Crippen LogP contribution is 2.30. The van der Waals surface area contributed by atoms with Crippen LogP contribution in [0.2, 0.25) is 0 Å². The Bertz CT molecular complexity index is 930. The fourth-order valence-electron chi connectivity index (χ4n) is 3.26. The predicted molar refractivity (Wildman–Crippen MR) is 98.7 cm³/mol. The molecule has 0 radical (unpaired) electrons. The molecule has 0 atom stereocenters. The van der Waals surface area contributed by atoms with Crippen LogP contribution in [0.4, 0.5) is 0 Å². The van der Waals surface area contributed by atoms with Crippen LogP contribution in [-0.4, -0.2) is 15.0 Å². The Labute approximate surface area is 142 Å². The van der Waals surface area contributed by atoms with E-state index >= 15 is 0 Å². The van der Waals surface area contributed by atoms with Crippen LogP contribution >= 0.6 is 0 Å². The number of hydrogen-bond donors (Lipinski definition) is 0. The molecule has 3 nitrogen and oxygen atoms in total. The summed E-state index contributed by atoms with van der Waals surface area (Å²) < 4.78 is 1.97. The molecule has 0 spiro atoms. The van der Waals surface area contributed by atoms with E-state index in [0.29, 0.717) is 6.04 Å². The Morgan fingerprint density at radius 1 is 1.08 bits per heavy atom. The molecule has 1 aromatic heterocycles. The Morgan fingerprint density at radius 3 is 2.71 bits per heavy atom. The Morgan fingerprint density at radius 2 is 1.92 bits per heavy atom. The number of rotatable bonds is 4. The molecular weight excluding hydrogens is 294 g/mol. The van der Waals surface area contributed by atoms with Gasteiger partial charge in [0.25, 0.3) is 0 Å². The average molecular weight is 315 g/mol. The summed E-state index contributed by atoms with van der Waals surface area (Å²) in [4.78, 5) is 0. The Hall–Kier alpha value is -2.68. The monoisotopic (exact) mass is 315 g/mol. The van der Waals surface area contributed by atoms with Crippen LogP contribution in [0, 0.1) is 0 Å². The molecule has 0 N–H and O–H groups in total. The zero-order valence-corrected chi connectivity index (χ0v) is 14.1. The zero-order chi connectivity index (χ0) is 16.5. The smallest absolute Gasteiger partial charge is 0.113 e. The first-order chi connectivity index (χ1) is 11.7. The molecular formula is C21H21N3. The Balaban J connectivity index is 1.58. The van der Waals surface area contributed by atoms with Gasteiger partial charge in [-0.3, -0.25) is 0 Å². The fraction of sp³-hybridized carbons (Fsp3) is 0.238. The van der Waals surface area contributed by atoms with Crippen LogP contribution in [0.25, 0.3) is 16.6 Å². The molecule has 0 bridgehead atoms. The molecule has 4 rings (SSSR count). The van der Waals surface area contributed by atoms with Crippen LogP contribution in [0.15, 0.2) is 66.3 Å². The minimum atomic E-state index is 0.325. The van der Waals surface area contributed by atoms with E-state index in [1.807, 2.05) is 4.68 Å². The first-order valence-corrected chi connectivity index (χ1v) is 8.49. The molecule has 0 fully saturated rings. The molecule has 3 heteroatoms.